The molecule has 0 heterocycles. The first-order chi connectivity index (χ1) is 8.09. The van der Waals surface area contributed by atoms with E-state index in [2.05, 4.69) is 4.36 Å². The highest BCUT2D eigenvalue weighted by molar-refractivity contribution is 7.92. The summed E-state index contributed by atoms with van der Waals surface area (Å²) in [5.74, 6) is 1.01. The van der Waals surface area contributed by atoms with Gasteiger partial charge in [0.05, 0.1) is 15.5 Å². The lowest BCUT2D eigenvalue weighted by atomic mass is 10.2. The summed E-state index contributed by atoms with van der Waals surface area (Å²) in [5, 5.41) is 0. The van der Waals surface area contributed by atoms with Crippen LogP contribution in [0.2, 0.25) is 0 Å². The van der Waals surface area contributed by atoms with Crippen LogP contribution in [0.4, 0.5) is 0 Å². The average molecular weight is 254 g/mol. The molecule has 0 aliphatic rings. The van der Waals surface area contributed by atoms with Crippen molar-refractivity contribution in [2.45, 2.75) is 26.0 Å². The molecule has 0 bridgehead atoms. The monoisotopic (exact) mass is 254 g/mol. The minimum Gasteiger partial charge on any atom is -0.330 e. The maximum Gasteiger partial charge on any atom is 0.0568 e. The normalized spacial score (nSPS) is 14.3. The van der Waals surface area contributed by atoms with Crippen molar-refractivity contribution >= 4 is 9.73 Å². The predicted octanol–water partition coefficient (Wildman–Crippen LogP) is 2.33. The van der Waals surface area contributed by atoms with Gasteiger partial charge in [-0.15, -0.1) is 0 Å². The molecule has 0 aliphatic heterocycles. The number of rotatable bonds is 6. The van der Waals surface area contributed by atoms with Crippen molar-refractivity contribution in [2.75, 3.05) is 18.8 Å². The fourth-order valence-corrected chi connectivity index (χ4v) is 3.53. The largest absolute Gasteiger partial charge is 0.330 e. The number of aryl methyl sites for hydroxylation is 1. The lowest BCUT2D eigenvalue weighted by molar-refractivity contribution is 0.672. The molecule has 1 aromatic rings. The van der Waals surface area contributed by atoms with Crippen LogP contribution in [0, 0.1) is 6.92 Å². The van der Waals surface area contributed by atoms with E-state index in [9.17, 15) is 4.21 Å². The van der Waals surface area contributed by atoms with E-state index in [1.807, 2.05) is 38.1 Å². The highest BCUT2D eigenvalue weighted by Gasteiger charge is 2.09. The van der Waals surface area contributed by atoms with Crippen molar-refractivity contribution in [3.8, 4) is 0 Å². The highest BCUT2D eigenvalue weighted by Crippen LogP contribution is 2.10. The summed E-state index contributed by atoms with van der Waals surface area (Å²) in [6, 6.07) is 8.12. The van der Waals surface area contributed by atoms with Crippen LogP contribution in [0.25, 0.3) is 0 Å². The van der Waals surface area contributed by atoms with Crippen molar-refractivity contribution in [3.63, 3.8) is 0 Å². The van der Waals surface area contributed by atoms with E-state index in [-0.39, 0.29) is 0 Å². The Bertz CT molecular complexity index is 445. The first kappa shape index (κ1) is 14.2. The van der Waals surface area contributed by atoms with Crippen molar-refractivity contribution < 1.29 is 4.21 Å². The summed E-state index contributed by atoms with van der Waals surface area (Å²) in [6.45, 7) is 5.17. The SMILES string of the molecule is CCCN=S(=O)(CCN)Cc1ccc(C)cc1. The summed E-state index contributed by atoms with van der Waals surface area (Å²) in [5.41, 5.74) is 7.82. The van der Waals surface area contributed by atoms with Gasteiger partial charge in [0.1, 0.15) is 0 Å². The van der Waals surface area contributed by atoms with Gasteiger partial charge >= 0.3 is 0 Å². The molecule has 1 atom stereocenters. The molecule has 0 amide bonds. The van der Waals surface area contributed by atoms with Crippen LogP contribution in [-0.4, -0.2) is 23.1 Å². The molecule has 0 saturated heterocycles. The van der Waals surface area contributed by atoms with Gasteiger partial charge in [-0.25, -0.2) is 8.57 Å². The van der Waals surface area contributed by atoms with Gasteiger partial charge in [-0.1, -0.05) is 36.8 Å². The summed E-state index contributed by atoms with van der Waals surface area (Å²) < 4.78 is 16.9. The van der Waals surface area contributed by atoms with Crippen LogP contribution in [0.15, 0.2) is 28.6 Å². The van der Waals surface area contributed by atoms with Crippen LogP contribution in [0.5, 0.6) is 0 Å². The molecular formula is C13H22N2OS. The van der Waals surface area contributed by atoms with E-state index >= 15 is 0 Å². The van der Waals surface area contributed by atoms with Gasteiger partial charge in [0, 0.05) is 18.8 Å². The Kier molecular flexibility index (Phi) is 5.65. The zero-order valence-corrected chi connectivity index (χ0v) is 11.5. The van der Waals surface area contributed by atoms with Gasteiger partial charge < -0.3 is 5.73 Å². The first-order valence-electron chi connectivity index (χ1n) is 6.03. The first-order valence-corrected chi connectivity index (χ1v) is 7.89. The van der Waals surface area contributed by atoms with E-state index in [1.165, 1.54) is 5.56 Å². The molecule has 0 radical (unpaired) electrons. The van der Waals surface area contributed by atoms with Gasteiger partial charge in [-0.3, -0.25) is 0 Å². The average Bonchev–Trinajstić information content (AvgIpc) is 2.30. The van der Waals surface area contributed by atoms with E-state index < -0.39 is 9.73 Å². The van der Waals surface area contributed by atoms with Crippen LogP contribution in [-0.2, 0) is 15.5 Å². The molecule has 96 valence electrons. The molecule has 1 rings (SSSR count). The number of hydrogen-bond donors (Lipinski definition) is 1. The van der Waals surface area contributed by atoms with Crippen molar-refractivity contribution in [3.05, 3.63) is 35.4 Å². The Balaban J connectivity index is 2.87. The molecule has 0 aromatic heterocycles. The maximum atomic E-state index is 12.6. The van der Waals surface area contributed by atoms with Gasteiger partial charge in [0.25, 0.3) is 0 Å². The standard InChI is InChI=1S/C13H22N2OS/c1-3-9-15-17(16,10-8-14)11-13-6-4-12(2)5-7-13/h4-7H,3,8-11,14H2,1-2H3. The molecule has 0 saturated carbocycles. The van der Waals surface area contributed by atoms with Crippen LogP contribution < -0.4 is 5.73 Å². The summed E-state index contributed by atoms with van der Waals surface area (Å²) in [6.07, 6.45) is 0.926. The lowest BCUT2D eigenvalue weighted by Gasteiger charge is -2.09. The summed E-state index contributed by atoms with van der Waals surface area (Å²) in [7, 11) is -2.17. The second-order valence-electron chi connectivity index (χ2n) is 4.25. The Labute approximate surface area is 105 Å². The molecule has 2 N–H and O–H groups in total. The predicted molar refractivity (Wildman–Crippen MR) is 74.5 cm³/mol. The quantitative estimate of drug-likeness (QED) is 0.847. The zero-order valence-electron chi connectivity index (χ0n) is 10.7. The minimum atomic E-state index is -2.17. The third-order valence-electron chi connectivity index (χ3n) is 2.50. The van der Waals surface area contributed by atoms with Gasteiger partial charge in [-0.05, 0) is 18.9 Å². The number of nitrogens with zero attached hydrogens (tertiary/aromatic N) is 1. The molecule has 0 aliphatic carbocycles. The summed E-state index contributed by atoms with van der Waals surface area (Å²) in [4.78, 5) is 0. The third kappa shape index (κ3) is 4.88. The Morgan fingerprint density at radius 3 is 2.47 bits per heavy atom. The van der Waals surface area contributed by atoms with Crippen LogP contribution in [0.1, 0.15) is 24.5 Å². The van der Waals surface area contributed by atoms with Gasteiger partial charge in [0.2, 0.25) is 0 Å². The number of benzene rings is 1. The topological polar surface area (TPSA) is 55.5 Å². The highest BCUT2D eigenvalue weighted by atomic mass is 32.2. The summed E-state index contributed by atoms with van der Waals surface area (Å²) >= 11 is 0. The molecule has 0 fully saturated rings. The number of hydrogen-bond acceptors (Lipinski definition) is 3. The minimum absolute atomic E-state index is 0.428. The fourth-order valence-electron chi connectivity index (χ4n) is 1.57. The van der Waals surface area contributed by atoms with E-state index in [1.54, 1.807) is 0 Å². The zero-order chi connectivity index (χ0) is 12.7. The van der Waals surface area contributed by atoms with Gasteiger partial charge in [0.15, 0.2) is 0 Å². The molecule has 1 aromatic carbocycles. The number of nitrogens with two attached hydrogens (primary N) is 1. The second kappa shape index (κ2) is 6.77. The Hall–Kier alpha value is -0.870. The fraction of sp³-hybridized carbons (Fsp3) is 0.538. The second-order valence-corrected chi connectivity index (χ2v) is 6.75. The molecule has 1 unspecified atom stereocenters. The van der Waals surface area contributed by atoms with E-state index in [0.29, 0.717) is 24.6 Å². The van der Waals surface area contributed by atoms with Crippen molar-refractivity contribution in [1.29, 1.82) is 0 Å². The molecule has 4 heteroatoms. The lowest BCUT2D eigenvalue weighted by Crippen LogP contribution is -2.17. The van der Waals surface area contributed by atoms with Crippen LogP contribution >= 0.6 is 0 Å². The molecule has 17 heavy (non-hydrogen) atoms. The van der Waals surface area contributed by atoms with Crippen molar-refractivity contribution in [1.82, 2.24) is 0 Å². The molecule has 0 spiro atoms. The Morgan fingerprint density at radius 2 is 1.94 bits per heavy atom. The molecular weight excluding hydrogens is 232 g/mol. The van der Waals surface area contributed by atoms with E-state index in [0.717, 1.165) is 12.0 Å². The third-order valence-corrected chi connectivity index (χ3v) is 4.81. The molecule has 3 nitrogen and oxygen atoms in total. The Morgan fingerprint density at radius 1 is 1.29 bits per heavy atom. The van der Waals surface area contributed by atoms with Crippen LogP contribution in [0.3, 0.4) is 0 Å². The van der Waals surface area contributed by atoms with Crippen molar-refractivity contribution in [2.24, 2.45) is 10.1 Å². The smallest absolute Gasteiger partial charge is 0.0568 e. The van der Waals surface area contributed by atoms with E-state index in [4.69, 9.17) is 5.73 Å². The van der Waals surface area contributed by atoms with Gasteiger partial charge in [-0.2, -0.15) is 0 Å². The maximum absolute atomic E-state index is 12.6.